The number of rotatable bonds is 5. The van der Waals surface area contributed by atoms with E-state index in [1.165, 1.54) is 18.2 Å². The van der Waals surface area contributed by atoms with Crippen LogP contribution in [0.2, 0.25) is 0 Å². The normalized spacial score (nSPS) is 10.4. The molecule has 17 heavy (non-hydrogen) atoms. The summed E-state index contributed by atoms with van der Waals surface area (Å²) in [6.45, 7) is 3.28. The third-order valence-electron chi connectivity index (χ3n) is 2.39. The van der Waals surface area contributed by atoms with Crippen LogP contribution in [0.1, 0.15) is 23.7 Å². The Labute approximate surface area is 117 Å². The third-order valence-corrected chi connectivity index (χ3v) is 3.61. The lowest BCUT2D eigenvalue weighted by molar-refractivity contribution is 0.0764. The molecule has 0 aliphatic carbocycles. The summed E-state index contributed by atoms with van der Waals surface area (Å²) in [5, 5.41) is 0.862. The molecule has 2 nitrogen and oxygen atoms in total. The highest BCUT2D eigenvalue weighted by molar-refractivity contribution is 9.10. The van der Waals surface area contributed by atoms with Crippen molar-refractivity contribution in [1.29, 1.82) is 0 Å². The minimum Gasteiger partial charge on any atom is -0.339 e. The van der Waals surface area contributed by atoms with Crippen molar-refractivity contribution in [3.63, 3.8) is 0 Å². The molecule has 0 aliphatic rings. The molecule has 1 rings (SSSR count). The highest BCUT2D eigenvalue weighted by Gasteiger charge is 2.16. The summed E-state index contributed by atoms with van der Waals surface area (Å²) >= 11 is 6.56. The molecule has 0 aliphatic heterocycles. The molecule has 1 aromatic rings. The van der Waals surface area contributed by atoms with E-state index in [0.29, 0.717) is 23.1 Å². The van der Waals surface area contributed by atoms with Crippen LogP contribution in [0.25, 0.3) is 0 Å². The van der Waals surface area contributed by atoms with Gasteiger partial charge in [-0.05, 0) is 47.5 Å². The van der Waals surface area contributed by atoms with Gasteiger partial charge in [-0.1, -0.05) is 15.9 Å². The summed E-state index contributed by atoms with van der Waals surface area (Å²) in [6.07, 6.45) is 0.901. The van der Waals surface area contributed by atoms with E-state index >= 15 is 0 Å². The Bertz CT molecular complexity index is 398. The Morgan fingerprint density at radius 3 is 2.71 bits per heavy atom. The second-order valence-electron chi connectivity index (χ2n) is 3.55. The van der Waals surface area contributed by atoms with Gasteiger partial charge in [-0.3, -0.25) is 4.79 Å². The van der Waals surface area contributed by atoms with Crippen LogP contribution in [0.3, 0.4) is 0 Å². The zero-order chi connectivity index (χ0) is 12.8. The molecule has 0 saturated heterocycles. The maximum atomic E-state index is 12.9. The largest absolute Gasteiger partial charge is 0.339 e. The van der Waals surface area contributed by atoms with Crippen LogP contribution < -0.4 is 0 Å². The van der Waals surface area contributed by atoms with E-state index in [-0.39, 0.29) is 11.7 Å². The monoisotopic (exact) mass is 365 g/mol. The van der Waals surface area contributed by atoms with Crippen LogP contribution in [0.5, 0.6) is 0 Å². The Morgan fingerprint density at radius 1 is 1.47 bits per heavy atom. The molecule has 0 aromatic heterocycles. The summed E-state index contributed by atoms with van der Waals surface area (Å²) in [4.78, 5) is 13.9. The van der Waals surface area contributed by atoms with Crippen LogP contribution in [-0.4, -0.2) is 29.2 Å². The fraction of sp³-hybridized carbons (Fsp3) is 0.417. The standard InChI is InChI=1S/C12H14Br2FNO/c1-2-16(7-3-6-13)12(17)10-5-4-9(15)8-11(10)14/h4-5,8H,2-3,6-7H2,1H3. The van der Waals surface area contributed by atoms with Crippen molar-refractivity contribution in [2.24, 2.45) is 0 Å². The number of carbonyl (C=O) groups is 1. The van der Waals surface area contributed by atoms with Gasteiger partial charge in [0, 0.05) is 22.9 Å². The van der Waals surface area contributed by atoms with Crippen LogP contribution in [0.15, 0.2) is 22.7 Å². The van der Waals surface area contributed by atoms with E-state index in [9.17, 15) is 9.18 Å². The van der Waals surface area contributed by atoms with Gasteiger partial charge < -0.3 is 4.90 Å². The molecule has 0 N–H and O–H groups in total. The number of carbonyl (C=O) groups excluding carboxylic acids is 1. The van der Waals surface area contributed by atoms with Gasteiger partial charge in [-0.25, -0.2) is 4.39 Å². The summed E-state index contributed by atoms with van der Waals surface area (Å²) < 4.78 is 13.4. The van der Waals surface area contributed by atoms with Crippen LogP contribution >= 0.6 is 31.9 Å². The van der Waals surface area contributed by atoms with E-state index in [2.05, 4.69) is 31.9 Å². The SMILES string of the molecule is CCN(CCCBr)C(=O)c1ccc(F)cc1Br. The fourth-order valence-electron chi connectivity index (χ4n) is 1.49. The minimum absolute atomic E-state index is 0.0691. The van der Waals surface area contributed by atoms with Gasteiger partial charge in [-0.2, -0.15) is 0 Å². The Kier molecular flexibility index (Phi) is 6.12. The molecule has 1 aromatic carbocycles. The highest BCUT2D eigenvalue weighted by atomic mass is 79.9. The zero-order valence-corrected chi connectivity index (χ0v) is 12.7. The van der Waals surface area contributed by atoms with Crippen molar-refractivity contribution in [3.8, 4) is 0 Å². The van der Waals surface area contributed by atoms with Crippen LogP contribution in [0, 0.1) is 5.82 Å². The number of hydrogen-bond acceptors (Lipinski definition) is 1. The van der Waals surface area contributed by atoms with Gasteiger partial charge >= 0.3 is 0 Å². The maximum absolute atomic E-state index is 12.9. The minimum atomic E-state index is -0.350. The summed E-state index contributed by atoms with van der Waals surface area (Å²) in [6, 6.07) is 4.13. The van der Waals surface area contributed by atoms with Gasteiger partial charge in [0.2, 0.25) is 0 Å². The average Bonchev–Trinajstić information content (AvgIpc) is 2.29. The molecule has 0 fully saturated rings. The third kappa shape index (κ3) is 4.07. The molecule has 0 bridgehead atoms. The summed E-state index contributed by atoms with van der Waals surface area (Å²) in [5.74, 6) is -0.419. The first kappa shape index (κ1) is 14.6. The predicted octanol–water partition coefficient (Wildman–Crippen LogP) is 3.84. The Morgan fingerprint density at radius 2 is 2.18 bits per heavy atom. The fourth-order valence-corrected chi connectivity index (χ4v) is 2.26. The van der Waals surface area contributed by atoms with Crippen molar-refractivity contribution in [2.75, 3.05) is 18.4 Å². The van der Waals surface area contributed by atoms with E-state index in [1.54, 1.807) is 4.90 Å². The van der Waals surface area contributed by atoms with Gasteiger partial charge in [-0.15, -0.1) is 0 Å². The molecular formula is C12H14Br2FNO. The van der Waals surface area contributed by atoms with E-state index in [0.717, 1.165) is 11.8 Å². The lowest BCUT2D eigenvalue weighted by atomic mass is 10.2. The number of alkyl halides is 1. The lowest BCUT2D eigenvalue weighted by Gasteiger charge is -2.21. The molecule has 0 spiro atoms. The number of benzene rings is 1. The quantitative estimate of drug-likeness (QED) is 0.725. The molecule has 0 saturated carbocycles. The molecule has 0 radical (unpaired) electrons. The van der Waals surface area contributed by atoms with Crippen molar-refractivity contribution < 1.29 is 9.18 Å². The molecule has 94 valence electrons. The predicted molar refractivity (Wildman–Crippen MR) is 74.1 cm³/mol. The average molecular weight is 367 g/mol. The molecule has 1 amide bonds. The van der Waals surface area contributed by atoms with Crippen molar-refractivity contribution in [3.05, 3.63) is 34.1 Å². The summed E-state index contributed by atoms with van der Waals surface area (Å²) in [7, 11) is 0. The van der Waals surface area contributed by atoms with Crippen molar-refractivity contribution in [1.82, 2.24) is 4.90 Å². The number of nitrogens with zero attached hydrogens (tertiary/aromatic N) is 1. The van der Waals surface area contributed by atoms with E-state index in [1.807, 2.05) is 6.92 Å². The van der Waals surface area contributed by atoms with Crippen LogP contribution in [0.4, 0.5) is 4.39 Å². The van der Waals surface area contributed by atoms with Gasteiger partial charge in [0.25, 0.3) is 5.91 Å². The first-order valence-electron chi connectivity index (χ1n) is 5.40. The molecule has 0 unspecified atom stereocenters. The first-order valence-corrected chi connectivity index (χ1v) is 7.32. The van der Waals surface area contributed by atoms with Gasteiger partial charge in [0.1, 0.15) is 5.82 Å². The van der Waals surface area contributed by atoms with Crippen molar-refractivity contribution >= 4 is 37.8 Å². The Hall–Kier alpha value is -0.420. The maximum Gasteiger partial charge on any atom is 0.254 e. The molecular weight excluding hydrogens is 353 g/mol. The first-order chi connectivity index (χ1) is 8.10. The van der Waals surface area contributed by atoms with Crippen LogP contribution in [-0.2, 0) is 0 Å². The number of amides is 1. The highest BCUT2D eigenvalue weighted by Crippen LogP contribution is 2.19. The molecule has 5 heteroatoms. The number of halogens is 3. The second kappa shape index (κ2) is 7.11. The number of hydrogen-bond donors (Lipinski definition) is 0. The van der Waals surface area contributed by atoms with Gasteiger partial charge in [0.05, 0.1) is 5.56 Å². The second-order valence-corrected chi connectivity index (χ2v) is 5.20. The van der Waals surface area contributed by atoms with Gasteiger partial charge in [0.15, 0.2) is 0 Å². The smallest absolute Gasteiger partial charge is 0.254 e. The molecule has 0 atom stereocenters. The van der Waals surface area contributed by atoms with E-state index in [4.69, 9.17) is 0 Å². The molecule has 0 heterocycles. The van der Waals surface area contributed by atoms with Crippen molar-refractivity contribution in [2.45, 2.75) is 13.3 Å². The Balaban J connectivity index is 2.86. The zero-order valence-electron chi connectivity index (χ0n) is 9.55. The summed E-state index contributed by atoms with van der Waals surface area (Å²) in [5.41, 5.74) is 0.503. The lowest BCUT2D eigenvalue weighted by Crippen LogP contribution is -2.32. The van der Waals surface area contributed by atoms with E-state index < -0.39 is 0 Å². The topological polar surface area (TPSA) is 20.3 Å².